The first kappa shape index (κ1) is 13.6. The van der Waals surface area contributed by atoms with Crippen molar-refractivity contribution >= 4 is 17.9 Å². The topological polar surface area (TPSA) is 55.6 Å². The van der Waals surface area contributed by atoms with E-state index in [4.69, 9.17) is 10.5 Å². The maximum absolute atomic E-state index is 12.0. The van der Waals surface area contributed by atoms with E-state index >= 15 is 0 Å². The standard InChI is InChI=1S/C11H22N2O2S/c1-11(2,3)15-10(14)13-6-7-16-8-9(13)4-5-12/h9H,4-8,12H2,1-3H3/t9-/m1/s1. The fourth-order valence-electron chi connectivity index (χ4n) is 1.65. The fraction of sp³-hybridized carbons (Fsp3) is 0.909. The van der Waals surface area contributed by atoms with Gasteiger partial charge in [-0.3, -0.25) is 0 Å². The molecule has 0 aliphatic carbocycles. The van der Waals surface area contributed by atoms with Crippen LogP contribution in [0.2, 0.25) is 0 Å². The van der Waals surface area contributed by atoms with Crippen LogP contribution >= 0.6 is 11.8 Å². The number of ether oxygens (including phenoxy) is 1. The Bertz CT molecular complexity index is 239. The summed E-state index contributed by atoms with van der Waals surface area (Å²) in [5.74, 6) is 1.96. The molecule has 0 aromatic heterocycles. The second-order valence-corrected chi connectivity index (χ2v) is 6.13. The minimum atomic E-state index is -0.422. The molecule has 0 aromatic carbocycles. The molecule has 0 radical (unpaired) electrons. The van der Waals surface area contributed by atoms with E-state index in [9.17, 15) is 4.79 Å². The molecule has 94 valence electrons. The van der Waals surface area contributed by atoms with Crippen molar-refractivity contribution in [1.82, 2.24) is 4.90 Å². The summed E-state index contributed by atoms with van der Waals surface area (Å²) in [5, 5.41) is 0. The monoisotopic (exact) mass is 246 g/mol. The molecule has 5 heteroatoms. The van der Waals surface area contributed by atoms with E-state index in [1.54, 1.807) is 0 Å². The summed E-state index contributed by atoms with van der Waals surface area (Å²) in [6, 6.07) is 0.235. The highest BCUT2D eigenvalue weighted by molar-refractivity contribution is 7.99. The minimum Gasteiger partial charge on any atom is -0.444 e. The van der Waals surface area contributed by atoms with Gasteiger partial charge in [-0.2, -0.15) is 11.8 Å². The molecule has 1 aliphatic rings. The van der Waals surface area contributed by atoms with Crippen molar-refractivity contribution < 1.29 is 9.53 Å². The number of carbonyl (C=O) groups is 1. The zero-order valence-corrected chi connectivity index (χ0v) is 11.2. The summed E-state index contributed by atoms with van der Waals surface area (Å²) in [6.45, 7) is 7.05. The second-order valence-electron chi connectivity index (χ2n) is 4.98. The average molecular weight is 246 g/mol. The van der Waals surface area contributed by atoms with Gasteiger partial charge < -0.3 is 15.4 Å². The molecule has 4 nitrogen and oxygen atoms in total. The molecule has 0 bridgehead atoms. The highest BCUT2D eigenvalue weighted by Gasteiger charge is 2.29. The van der Waals surface area contributed by atoms with Gasteiger partial charge in [0.15, 0.2) is 0 Å². The molecule has 2 N–H and O–H groups in total. The van der Waals surface area contributed by atoms with Crippen LogP contribution in [-0.4, -0.2) is 47.2 Å². The lowest BCUT2D eigenvalue weighted by Crippen LogP contribution is -2.48. The second kappa shape index (κ2) is 5.77. The Morgan fingerprint density at radius 1 is 1.56 bits per heavy atom. The highest BCUT2D eigenvalue weighted by Crippen LogP contribution is 2.21. The van der Waals surface area contributed by atoms with E-state index < -0.39 is 5.60 Å². The van der Waals surface area contributed by atoms with Crippen LogP contribution in [0.4, 0.5) is 4.79 Å². The van der Waals surface area contributed by atoms with Crippen LogP contribution < -0.4 is 5.73 Å². The molecule has 0 unspecified atom stereocenters. The maximum atomic E-state index is 12.0. The van der Waals surface area contributed by atoms with Crippen LogP contribution in [0.1, 0.15) is 27.2 Å². The largest absolute Gasteiger partial charge is 0.444 e. The van der Waals surface area contributed by atoms with Crippen molar-refractivity contribution in [2.45, 2.75) is 38.8 Å². The Balaban J connectivity index is 2.57. The van der Waals surface area contributed by atoms with Gasteiger partial charge in [0.25, 0.3) is 0 Å². The van der Waals surface area contributed by atoms with Crippen molar-refractivity contribution in [1.29, 1.82) is 0 Å². The van der Waals surface area contributed by atoms with E-state index in [1.165, 1.54) is 0 Å². The predicted octanol–water partition coefficient (Wildman–Crippen LogP) is 1.69. The van der Waals surface area contributed by atoms with Crippen molar-refractivity contribution in [2.24, 2.45) is 5.73 Å². The molecule has 0 aromatic rings. The first-order valence-electron chi connectivity index (χ1n) is 5.71. The molecule has 1 heterocycles. The lowest BCUT2D eigenvalue weighted by atomic mass is 10.2. The first-order valence-corrected chi connectivity index (χ1v) is 6.87. The fourth-order valence-corrected chi connectivity index (χ4v) is 2.76. The van der Waals surface area contributed by atoms with Crippen molar-refractivity contribution in [2.75, 3.05) is 24.6 Å². The smallest absolute Gasteiger partial charge is 0.410 e. The predicted molar refractivity (Wildman–Crippen MR) is 67.7 cm³/mol. The Kier molecular flexibility index (Phi) is 4.92. The zero-order chi connectivity index (χ0) is 12.2. The molecule has 1 rings (SSSR count). The summed E-state index contributed by atoms with van der Waals surface area (Å²) in [7, 11) is 0. The first-order chi connectivity index (χ1) is 7.44. The van der Waals surface area contributed by atoms with E-state index in [0.717, 1.165) is 24.5 Å². The molecule has 16 heavy (non-hydrogen) atoms. The van der Waals surface area contributed by atoms with Gasteiger partial charge >= 0.3 is 6.09 Å². The minimum absolute atomic E-state index is 0.203. The molecule has 1 atom stereocenters. The Hall–Kier alpha value is -0.420. The summed E-state index contributed by atoms with van der Waals surface area (Å²) < 4.78 is 5.39. The molecule has 1 fully saturated rings. The molecule has 1 amide bonds. The molecular weight excluding hydrogens is 224 g/mol. The van der Waals surface area contributed by atoms with E-state index in [-0.39, 0.29) is 12.1 Å². The Labute approximate surface area is 102 Å². The van der Waals surface area contributed by atoms with Crippen LogP contribution in [0.5, 0.6) is 0 Å². The number of hydrogen-bond donors (Lipinski definition) is 1. The van der Waals surface area contributed by atoms with Crippen molar-refractivity contribution in [3.8, 4) is 0 Å². The number of rotatable bonds is 2. The van der Waals surface area contributed by atoms with Gasteiger partial charge in [-0.1, -0.05) is 0 Å². The Morgan fingerprint density at radius 3 is 2.81 bits per heavy atom. The third-order valence-electron chi connectivity index (χ3n) is 2.36. The number of hydrogen-bond acceptors (Lipinski definition) is 4. The van der Waals surface area contributed by atoms with E-state index in [0.29, 0.717) is 6.54 Å². The molecule has 1 aliphatic heterocycles. The normalized spacial score (nSPS) is 22.0. The third-order valence-corrected chi connectivity index (χ3v) is 3.45. The maximum Gasteiger partial charge on any atom is 0.410 e. The van der Waals surface area contributed by atoms with Gasteiger partial charge in [-0.05, 0) is 33.7 Å². The molecular formula is C11H22N2O2S. The third kappa shape index (κ3) is 4.22. The van der Waals surface area contributed by atoms with Crippen LogP contribution in [0.25, 0.3) is 0 Å². The summed E-state index contributed by atoms with van der Waals surface area (Å²) >= 11 is 1.88. The number of nitrogens with two attached hydrogens (primary N) is 1. The van der Waals surface area contributed by atoms with E-state index in [1.807, 2.05) is 37.4 Å². The number of carbonyl (C=O) groups excluding carboxylic acids is 1. The molecule has 0 spiro atoms. The van der Waals surface area contributed by atoms with Crippen molar-refractivity contribution in [3.05, 3.63) is 0 Å². The quantitative estimate of drug-likeness (QED) is 0.805. The number of nitrogens with zero attached hydrogens (tertiary/aromatic N) is 1. The molecule has 0 saturated carbocycles. The van der Waals surface area contributed by atoms with Crippen LogP contribution in [0, 0.1) is 0 Å². The highest BCUT2D eigenvalue weighted by atomic mass is 32.2. The zero-order valence-electron chi connectivity index (χ0n) is 10.4. The van der Waals surface area contributed by atoms with Crippen LogP contribution in [0.15, 0.2) is 0 Å². The van der Waals surface area contributed by atoms with Crippen LogP contribution in [0.3, 0.4) is 0 Å². The van der Waals surface area contributed by atoms with Gasteiger partial charge in [0.1, 0.15) is 5.60 Å². The van der Waals surface area contributed by atoms with Gasteiger partial charge in [0.05, 0.1) is 0 Å². The SMILES string of the molecule is CC(C)(C)OC(=O)N1CCSC[C@H]1CCN. The number of thioether (sulfide) groups is 1. The molecule has 1 saturated heterocycles. The van der Waals surface area contributed by atoms with Crippen LogP contribution in [-0.2, 0) is 4.74 Å². The average Bonchev–Trinajstić information content (AvgIpc) is 2.16. The van der Waals surface area contributed by atoms with Crippen molar-refractivity contribution in [3.63, 3.8) is 0 Å². The van der Waals surface area contributed by atoms with Gasteiger partial charge in [0, 0.05) is 24.1 Å². The lowest BCUT2D eigenvalue weighted by molar-refractivity contribution is 0.0183. The summed E-state index contributed by atoms with van der Waals surface area (Å²) in [4.78, 5) is 13.8. The van der Waals surface area contributed by atoms with Gasteiger partial charge in [-0.15, -0.1) is 0 Å². The summed E-state index contributed by atoms with van der Waals surface area (Å²) in [5.41, 5.74) is 5.14. The van der Waals surface area contributed by atoms with E-state index in [2.05, 4.69) is 0 Å². The Morgan fingerprint density at radius 2 is 2.25 bits per heavy atom. The van der Waals surface area contributed by atoms with Gasteiger partial charge in [-0.25, -0.2) is 4.79 Å². The summed E-state index contributed by atoms with van der Waals surface area (Å²) in [6.07, 6.45) is 0.651. The number of amides is 1. The lowest BCUT2D eigenvalue weighted by Gasteiger charge is -2.36. The van der Waals surface area contributed by atoms with Gasteiger partial charge in [0.2, 0.25) is 0 Å².